The van der Waals surface area contributed by atoms with E-state index in [0.717, 1.165) is 32.5 Å². The Bertz CT molecular complexity index is 488. The summed E-state index contributed by atoms with van der Waals surface area (Å²) < 4.78 is 5.71. The first kappa shape index (κ1) is 17.0. The Morgan fingerprint density at radius 3 is 2.95 bits per heavy atom. The average molecular weight is 304 g/mol. The van der Waals surface area contributed by atoms with Crippen LogP contribution in [0.1, 0.15) is 37.8 Å². The summed E-state index contributed by atoms with van der Waals surface area (Å²) in [7, 11) is 0. The lowest BCUT2D eigenvalue weighted by molar-refractivity contribution is -0.127. The van der Waals surface area contributed by atoms with Crippen LogP contribution in [0.3, 0.4) is 0 Å². The third-order valence-electron chi connectivity index (χ3n) is 4.45. The maximum atomic E-state index is 12.4. The van der Waals surface area contributed by atoms with Gasteiger partial charge in [0.25, 0.3) is 0 Å². The SMILES string of the molecule is CCOC1CCCN(C(C)C(=O)NCc2ccccc2C)C1. The number of ether oxygens (including phenoxy) is 1. The van der Waals surface area contributed by atoms with E-state index >= 15 is 0 Å². The van der Waals surface area contributed by atoms with Crippen LogP contribution in [0.25, 0.3) is 0 Å². The Morgan fingerprint density at radius 2 is 2.23 bits per heavy atom. The second-order valence-corrected chi connectivity index (χ2v) is 6.03. The third kappa shape index (κ3) is 4.55. The number of likely N-dealkylation sites (tertiary alicyclic amines) is 1. The first-order valence-electron chi connectivity index (χ1n) is 8.29. The smallest absolute Gasteiger partial charge is 0.237 e. The standard InChI is InChI=1S/C18H28N2O2/c1-4-22-17-10-7-11-20(13-17)15(3)18(21)19-12-16-9-6-5-8-14(16)2/h5-6,8-9,15,17H,4,7,10-13H2,1-3H3,(H,19,21). The summed E-state index contributed by atoms with van der Waals surface area (Å²) in [6, 6.07) is 8.06. The van der Waals surface area contributed by atoms with Crippen LogP contribution in [0.2, 0.25) is 0 Å². The fraction of sp³-hybridized carbons (Fsp3) is 0.611. The van der Waals surface area contributed by atoms with Crippen molar-refractivity contribution in [2.24, 2.45) is 0 Å². The van der Waals surface area contributed by atoms with Crippen molar-refractivity contribution in [2.75, 3.05) is 19.7 Å². The second-order valence-electron chi connectivity index (χ2n) is 6.03. The number of hydrogen-bond acceptors (Lipinski definition) is 3. The molecule has 1 aromatic rings. The number of carbonyl (C=O) groups excluding carboxylic acids is 1. The van der Waals surface area contributed by atoms with Crippen molar-refractivity contribution in [1.29, 1.82) is 0 Å². The van der Waals surface area contributed by atoms with Crippen LogP contribution in [0, 0.1) is 6.92 Å². The van der Waals surface area contributed by atoms with Gasteiger partial charge in [-0.2, -0.15) is 0 Å². The Labute approximate surface area is 133 Å². The predicted octanol–water partition coefficient (Wildman–Crippen LogP) is 2.50. The molecule has 2 unspecified atom stereocenters. The molecule has 1 heterocycles. The van der Waals surface area contributed by atoms with Gasteiger partial charge in [-0.05, 0) is 51.3 Å². The van der Waals surface area contributed by atoms with Gasteiger partial charge in [-0.3, -0.25) is 9.69 Å². The van der Waals surface area contributed by atoms with E-state index in [1.165, 1.54) is 11.1 Å². The second kappa shape index (κ2) is 8.30. The molecular formula is C18H28N2O2. The van der Waals surface area contributed by atoms with E-state index < -0.39 is 0 Å². The Morgan fingerprint density at radius 1 is 1.45 bits per heavy atom. The number of piperidine rings is 1. The Balaban J connectivity index is 1.85. The summed E-state index contributed by atoms with van der Waals surface area (Å²) >= 11 is 0. The fourth-order valence-electron chi connectivity index (χ4n) is 2.99. The highest BCUT2D eigenvalue weighted by atomic mass is 16.5. The first-order valence-corrected chi connectivity index (χ1v) is 8.29. The van der Waals surface area contributed by atoms with E-state index in [-0.39, 0.29) is 18.1 Å². The van der Waals surface area contributed by atoms with E-state index in [9.17, 15) is 4.79 Å². The van der Waals surface area contributed by atoms with Crippen LogP contribution in [0.5, 0.6) is 0 Å². The summed E-state index contributed by atoms with van der Waals surface area (Å²) in [5, 5.41) is 3.06. The highest BCUT2D eigenvalue weighted by molar-refractivity contribution is 5.81. The molecule has 1 amide bonds. The lowest BCUT2D eigenvalue weighted by Gasteiger charge is -2.35. The molecule has 4 nitrogen and oxygen atoms in total. The van der Waals surface area contributed by atoms with Crippen molar-refractivity contribution >= 4 is 5.91 Å². The van der Waals surface area contributed by atoms with Gasteiger partial charge in [0.15, 0.2) is 0 Å². The molecule has 0 aromatic heterocycles. The zero-order valence-electron chi connectivity index (χ0n) is 14.0. The summed E-state index contributed by atoms with van der Waals surface area (Å²) in [4.78, 5) is 14.6. The summed E-state index contributed by atoms with van der Waals surface area (Å²) in [6.45, 7) is 9.25. The van der Waals surface area contributed by atoms with E-state index in [4.69, 9.17) is 4.74 Å². The van der Waals surface area contributed by atoms with Gasteiger partial charge in [-0.25, -0.2) is 0 Å². The number of rotatable bonds is 6. The van der Waals surface area contributed by atoms with Crippen molar-refractivity contribution in [3.63, 3.8) is 0 Å². The number of carbonyl (C=O) groups is 1. The normalized spacial score (nSPS) is 20.6. The van der Waals surface area contributed by atoms with E-state index in [0.29, 0.717) is 6.54 Å². The molecule has 1 N–H and O–H groups in total. The summed E-state index contributed by atoms with van der Waals surface area (Å²) in [5.74, 6) is 0.0976. The zero-order valence-corrected chi connectivity index (χ0v) is 14.0. The maximum absolute atomic E-state index is 12.4. The van der Waals surface area contributed by atoms with Crippen LogP contribution in [-0.2, 0) is 16.1 Å². The van der Waals surface area contributed by atoms with E-state index in [1.807, 2.05) is 26.0 Å². The molecule has 2 rings (SSSR count). The van der Waals surface area contributed by atoms with Gasteiger partial charge in [-0.1, -0.05) is 24.3 Å². The zero-order chi connectivity index (χ0) is 15.9. The number of benzene rings is 1. The lowest BCUT2D eigenvalue weighted by Crippen LogP contribution is -2.50. The van der Waals surface area contributed by atoms with E-state index in [1.54, 1.807) is 0 Å². The van der Waals surface area contributed by atoms with Gasteiger partial charge in [0.1, 0.15) is 0 Å². The molecular weight excluding hydrogens is 276 g/mol. The molecule has 0 bridgehead atoms. The highest BCUT2D eigenvalue weighted by Gasteiger charge is 2.27. The Kier molecular flexibility index (Phi) is 6.40. The van der Waals surface area contributed by atoms with Crippen molar-refractivity contribution in [1.82, 2.24) is 10.2 Å². The summed E-state index contributed by atoms with van der Waals surface area (Å²) in [6.07, 6.45) is 2.47. The highest BCUT2D eigenvalue weighted by Crippen LogP contribution is 2.16. The minimum absolute atomic E-state index is 0.0976. The molecule has 0 aliphatic carbocycles. The molecule has 0 spiro atoms. The monoisotopic (exact) mass is 304 g/mol. The molecule has 4 heteroatoms. The number of nitrogens with zero attached hydrogens (tertiary/aromatic N) is 1. The van der Waals surface area contributed by atoms with Crippen LogP contribution in [-0.4, -0.2) is 42.6 Å². The van der Waals surface area contributed by atoms with Gasteiger partial charge < -0.3 is 10.1 Å². The molecule has 1 aromatic carbocycles. The minimum Gasteiger partial charge on any atom is -0.377 e. The summed E-state index contributed by atoms with van der Waals surface area (Å²) in [5.41, 5.74) is 2.39. The van der Waals surface area contributed by atoms with Crippen LogP contribution < -0.4 is 5.32 Å². The predicted molar refractivity (Wildman–Crippen MR) is 88.7 cm³/mol. The maximum Gasteiger partial charge on any atom is 0.237 e. The first-order chi connectivity index (χ1) is 10.6. The number of amides is 1. The largest absolute Gasteiger partial charge is 0.377 e. The molecule has 1 aliphatic rings. The Hall–Kier alpha value is -1.39. The topological polar surface area (TPSA) is 41.6 Å². The molecule has 0 radical (unpaired) electrons. The number of aryl methyl sites for hydroxylation is 1. The van der Waals surface area contributed by atoms with Crippen LogP contribution in [0.15, 0.2) is 24.3 Å². The minimum atomic E-state index is -0.104. The molecule has 2 atom stereocenters. The van der Waals surface area contributed by atoms with Gasteiger partial charge in [-0.15, -0.1) is 0 Å². The van der Waals surface area contributed by atoms with Gasteiger partial charge in [0.2, 0.25) is 5.91 Å². The number of nitrogens with one attached hydrogen (secondary N) is 1. The third-order valence-corrected chi connectivity index (χ3v) is 4.45. The van der Waals surface area contributed by atoms with Crippen LogP contribution in [0.4, 0.5) is 0 Å². The molecule has 1 saturated heterocycles. The van der Waals surface area contributed by atoms with Gasteiger partial charge in [0.05, 0.1) is 12.1 Å². The molecule has 1 aliphatic heterocycles. The fourth-order valence-corrected chi connectivity index (χ4v) is 2.99. The van der Waals surface area contributed by atoms with Crippen molar-refractivity contribution in [2.45, 2.75) is 52.3 Å². The van der Waals surface area contributed by atoms with Crippen molar-refractivity contribution in [3.8, 4) is 0 Å². The average Bonchev–Trinajstić information content (AvgIpc) is 2.53. The molecule has 1 fully saturated rings. The molecule has 122 valence electrons. The van der Waals surface area contributed by atoms with E-state index in [2.05, 4.69) is 29.3 Å². The molecule has 0 saturated carbocycles. The lowest BCUT2D eigenvalue weighted by atomic mass is 10.1. The van der Waals surface area contributed by atoms with Crippen LogP contribution >= 0.6 is 0 Å². The van der Waals surface area contributed by atoms with Gasteiger partial charge in [0, 0.05) is 19.7 Å². The van der Waals surface area contributed by atoms with Gasteiger partial charge >= 0.3 is 0 Å². The number of hydrogen-bond donors (Lipinski definition) is 1. The molecule has 22 heavy (non-hydrogen) atoms. The van der Waals surface area contributed by atoms with Crippen molar-refractivity contribution in [3.05, 3.63) is 35.4 Å². The van der Waals surface area contributed by atoms with Crippen molar-refractivity contribution < 1.29 is 9.53 Å². The quantitative estimate of drug-likeness (QED) is 0.878.